The predicted octanol–water partition coefficient (Wildman–Crippen LogP) is 4.08. The number of fused-ring (bicyclic) bond motifs is 1. The first kappa shape index (κ1) is 19.9. The van der Waals surface area contributed by atoms with Crippen LogP contribution in [0.2, 0.25) is 0 Å². The number of carbonyl (C=O) groups excluding carboxylic acids is 2. The van der Waals surface area contributed by atoms with Crippen molar-refractivity contribution >= 4 is 17.7 Å². The van der Waals surface area contributed by atoms with Crippen molar-refractivity contribution in [2.45, 2.75) is 59.1 Å². The largest absolute Gasteiger partial charge is 0.444 e. The number of para-hydroxylation sites is 1. The van der Waals surface area contributed by atoms with Gasteiger partial charge in [0.05, 0.1) is 6.54 Å². The van der Waals surface area contributed by atoms with E-state index in [4.69, 9.17) is 4.74 Å². The van der Waals surface area contributed by atoms with E-state index in [1.165, 1.54) is 0 Å². The zero-order chi connectivity index (χ0) is 20.5. The summed E-state index contributed by atoms with van der Waals surface area (Å²) >= 11 is 0. The number of nitrogens with zero attached hydrogens (tertiary/aromatic N) is 2. The second kappa shape index (κ2) is 7.66. The minimum absolute atomic E-state index is 0.281. The lowest BCUT2D eigenvalue weighted by Gasteiger charge is -2.30. The monoisotopic (exact) mass is 384 g/mol. The fraction of sp³-hybridized carbons (Fsp3) is 0.476. The molecule has 0 saturated carbocycles. The van der Waals surface area contributed by atoms with Gasteiger partial charge in [0.1, 0.15) is 5.60 Å². The SMILES string of the molecule is CC(C)c1ccccc1NC(=O)c1n[nH]c2c1CN(C(=O)OC(C)(C)C)CC2. The maximum atomic E-state index is 12.9. The van der Waals surface area contributed by atoms with Gasteiger partial charge in [-0.05, 0) is 38.3 Å². The molecule has 0 spiro atoms. The van der Waals surface area contributed by atoms with Gasteiger partial charge in [-0.2, -0.15) is 5.10 Å². The Bertz CT molecular complexity index is 880. The molecule has 150 valence electrons. The molecule has 0 saturated heterocycles. The number of amides is 2. The van der Waals surface area contributed by atoms with Crippen LogP contribution in [0.1, 0.15) is 67.8 Å². The van der Waals surface area contributed by atoms with Crippen LogP contribution in [0.25, 0.3) is 0 Å². The molecule has 1 aromatic carbocycles. The molecule has 0 unspecified atom stereocenters. The van der Waals surface area contributed by atoms with Crippen LogP contribution in [0.4, 0.5) is 10.5 Å². The van der Waals surface area contributed by atoms with Crippen molar-refractivity contribution in [1.29, 1.82) is 0 Å². The average Bonchev–Trinajstić information content (AvgIpc) is 3.03. The van der Waals surface area contributed by atoms with Gasteiger partial charge in [-0.15, -0.1) is 0 Å². The second-order valence-electron chi connectivity index (χ2n) is 8.38. The third kappa shape index (κ3) is 4.35. The number of anilines is 1. The van der Waals surface area contributed by atoms with Crippen molar-refractivity contribution in [3.8, 4) is 0 Å². The predicted molar refractivity (Wildman–Crippen MR) is 107 cm³/mol. The van der Waals surface area contributed by atoms with Crippen LogP contribution in [0.15, 0.2) is 24.3 Å². The summed E-state index contributed by atoms with van der Waals surface area (Å²) in [5.74, 6) is 0.00361. The van der Waals surface area contributed by atoms with E-state index in [9.17, 15) is 9.59 Å². The highest BCUT2D eigenvalue weighted by Crippen LogP contribution is 2.26. The molecule has 2 amide bonds. The standard InChI is InChI=1S/C21H28N4O3/c1-13(2)14-8-6-7-9-16(14)22-19(26)18-15-12-25(11-10-17(15)23-24-18)20(27)28-21(3,4)5/h6-9,13H,10-12H2,1-5H3,(H,22,26)(H,23,24). The number of ether oxygens (including phenoxy) is 1. The summed E-state index contributed by atoms with van der Waals surface area (Å²) in [5.41, 5.74) is 3.24. The molecule has 3 rings (SSSR count). The highest BCUT2D eigenvalue weighted by molar-refractivity contribution is 6.04. The minimum Gasteiger partial charge on any atom is -0.444 e. The van der Waals surface area contributed by atoms with Crippen LogP contribution in [0.5, 0.6) is 0 Å². The fourth-order valence-electron chi connectivity index (χ4n) is 3.26. The Kier molecular flexibility index (Phi) is 5.45. The van der Waals surface area contributed by atoms with Crippen LogP contribution < -0.4 is 5.32 Å². The maximum absolute atomic E-state index is 12.9. The number of aromatic amines is 1. The molecule has 28 heavy (non-hydrogen) atoms. The number of hydrogen-bond donors (Lipinski definition) is 2. The van der Waals surface area contributed by atoms with E-state index < -0.39 is 5.60 Å². The number of H-pyrrole nitrogens is 1. The average molecular weight is 384 g/mol. The van der Waals surface area contributed by atoms with Gasteiger partial charge < -0.3 is 15.0 Å². The molecule has 1 aliphatic rings. The van der Waals surface area contributed by atoms with Crippen molar-refractivity contribution in [2.24, 2.45) is 0 Å². The first-order valence-corrected chi connectivity index (χ1v) is 9.60. The molecule has 1 aliphatic heterocycles. The second-order valence-corrected chi connectivity index (χ2v) is 8.38. The van der Waals surface area contributed by atoms with Crippen molar-refractivity contribution in [1.82, 2.24) is 15.1 Å². The number of benzene rings is 1. The molecule has 2 N–H and O–H groups in total. The topological polar surface area (TPSA) is 87.3 Å². The van der Waals surface area contributed by atoms with Crippen molar-refractivity contribution in [2.75, 3.05) is 11.9 Å². The van der Waals surface area contributed by atoms with E-state index in [0.29, 0.717) is 25.2 Å². The number of rotatable bonds is 3. The van der Waals surface area contributed by atoms with Gasteiger partial charge in [0.15, 0.2) is 5.69 Å². The highest BCUT2D eigenvalue weighted by Gasteiger charge is 2.30. The van der Waals surface area contributed by atoms with Crippen LogP contribution >= 0.6 is 0 Å². The normalized spacial score (nSPS) is 14.0. The molecule has 0 atom stereocenters. The summed E-state index contributed by atoms with van der Waals surface area (Å²) < 4.78 is 5.46. The maximum Gasteiger partial charge on any atom is 0.410 e. The molecular formula is C21H28N4O3. The molecule has 0 fully saturated rings. The van der Waals surface area contributed by atoms with E-state index in [-0.39, 0.29) is 17.9 Å². The lowest BCUT2D eigenvalue weighted by molar-refractivity contribution is 0.0222. The van der Waals surface area contributed by atoms with E-state index in [1.807, 2.05) is 45.0 Å². The summed E-state index contributed by atoms with van der Waals surface area (Å²) in [6, 6.07) is 7.75. The fourth-order valence-corrected chi connectivity index (χ4v) is 3.26. The summed E-state index contributed by atoms with van der Waals surface area (Å²) in [7, 11) is 0. The zero-order valence-electron chi connectivity index (χ0n) is 17.1. The quantitative estimate of drug-likeness (QED) is 0.835. The Hall–Kier alpha value is -2.83. The van der Waals surface area contributed by atoms with Gasteiger partial charge in [0.2, 0.25) is 0 Å². The van der Waals surface area contributed by atoms with Crippen molar-refractivity contribution in [3.63, 3.8) is 0 Å². The molecule has 7 nitrogen and oxygen atoms in total. The van der Waals surface area contributed by atoms with Gasteiger partial charge in [0, 0.05) is 29.9 Å². The molecule has 2 aromatic rings. The van der Waals surface area contributed by atoms with Gasteiger partial charge >= 0.3 is 6.09 Å². The van der Waals surface area contributed by atoms with Gasteiger partial charge in [-0.3, -0.25) is 9.89 Å². The van der Waals surface area contributed by atoms with Crippen LogP contribution in [0, 0.1) is 0 Å². The van der Waals surface area contributed by atoms with E-state index in [0.717, 1.165) is 22.5 Å². The molecular weight excluding hydrogens is 356 g/mol. The number of hydrogen-bond acceptors (Lipinski definition) is 4. The number of carbonyl (C=O) groups is 2. The van der Waals surface area contributed by atoms with Crippen molar-refractivity contribution < 1.29 is 14.3 Å². The Morgan fingerprint density at radius 2 is 1.96 bits per heavy atom. The summed E-state index contributed by atoms with van der Waals surface area (Å²) in [4.78, 5) is 26.9. The molecule has 0 bridgehead atoms. The lowest BCUT2D eigenvalue weighted by atomic mass is 10.0. The first-order chi connectivity index (χ1) is 13.2. The molecule has 1 aromatic heterocycles. The number of aromatic nitrogens is 2. The lowest BCUT2D eigenvalue weighted by Crippen LogP contribution is -2.40. The van der Waals surface area contributed by atoms with E-state index in [1.54, 1.807) is 4.90 Å². The zero-order valence-corrected chi connectivity index (χ0v) is 17.1. The van der Waals surface area contributed by atoms with Crippen LogP contribution in [0.3, 0.4) is 0 Å². The van der Waals surface area contributed by atoms with Gasteiger partial charge in [0.25, 0.3) is 5.91 Å². The summed E-state index contributed by atoms with van der Waals surface area (Å²) in [6.45, 7) is 10.5. The first-order valence-electron chi connectivity index (χ1n) is 9.60. The van der Waals surface area contributed by atoms with Crippen LogP contribution in [-0.4, -0.2) is 39.2 Å². The third-order valence-corrected chi connectivity index (χ3v) is 4.63. The van der Waals surface area contributed by atoms with Crippen molar-refractivity contribution in [3.05, 3.63) is 46.8 Å². The number of nitrogens with one attached hydrogen (secondary N) is 2. The minimum atomic E-state index is -0.561. The summed E-state index contributed by atoms with van der Waals surface area (Å²) in [5, 5.41) is 10.1. The third-order valence-electron chi connectivity index (χ3n) is 4.63. The Balaban J connectivity index is 1.79. The smallest absolute Gasteiger partial charge is 0.410 e. The molecule has 7 heteroatoms. The Morgan fingerprint density at radius 1 is 1.25 bits per heavy atom. The molecule has 0 radical (unpaired) electrons. The Labute approximate surface area is 165 Å². The molecule has 0 aliphatic carbocycles. The van der Waals surface area contributed by atoms with Gasteiger partial charge in [-0.1, -0.05) is 32.0 Å². The Morgan fingerprint density at radius 3 is 2.64 bits per heavy atom. The van der Waals surface area contributed by atoms with E-state index >= 15 is 0 Å². The highest BCUT2D eigenvalue weighted by atomic mass is 16.6. The molecule has 2 heterocycles. The van der Waals surface area contributed by atoms with E-state index in [2.05, 4.69) is 29.4 Å². The van der Waals surface area contributed by atoms with Crippen LogP contribution in [-0.2, 0) is 17.7 Å². The summed E-state index contributed by atoms with van der Waals surface area (Å²) in [6.07, 6.45) is 0.230. The van der Waals surface area contributed by atoms with Gasteiger partial charge in [-0.25, -0.2) is 4.79 Å².